The maximum Gasteiger partial charge on any atom is 0.237 e. The Morgan fingerprint density at radius 3 is 1.26 bits per heavy atom. The Hall–Kier alpha value is -1.22. The number of hydrogen-bond acceptors (Lipinski definition) is 6. The van der Waals surface area contributed by atoms with Crippen molar-refractivity contribution in [3.63, 3.8) is 0 Å². The molecule has 8 nitrogen and oxygen atoms in total. The lowest BCUT2D eigenvalue weighted by molar-refractivity contribution is -0.193. The molecule has 4 aliphatic rings. The van der Waals surface area contributed by atoms with Crippen LogP contribution >= 0.6 is 0 Å². The van der Waals surface area contributed by atoms with Gasteiger partial charge in [0.1, 0.15) is 5.41 Å². The van der Waals surface area contributed by atoms with E-state index in [1.807, 2.05) is 0 Å². The number of ether oxygens (including phenoxy) is 4. The molecular formula is C19H30N2O6. The highest BCUT2D eigenvalue weighted by atomic mass is 16.7. The van der Waals surface area contributed by atoms with Crippen molar-refractivity contribution >= 4 is 11.8 Å². The molecule has 4 saturated heterocycles. The van der Waals surface area contributed by atoms with Gasteiger partial charge < -0.3 is 28.7 Å². The quantitative estimate of drug-likeness (QED) is 0.656. The molecule has 0 N–H and O–H groups in total. The Morgan fingerprint density at radius 1 is 0.667 bits per heavy atom. The SMILES string of the molecule is CC(C)(C(=O)N1CCC2(CC1)OCCO2)C(=O)N1CCC2(CC1)OCCO2. The van der Waals surface area contributed by atoms with E-state index in [4.69, 9.17) is 18.9 Å². The van der Waals surface area contributed by atoms with E-state index in [9.17, 15) is 9.59 Å². The normalized spacial score (nSPS) is 27.5. The fraction of sp³-hybridized carbons (Fsp3) is 0.895. The topological polar surface area (TPSA) is 77.5 Å². The van der Waals surface area contributed by atoms with Crippen molar-refractivity contribution in [3.8, 4) is 0 Å². The largest absolute Gasteiger partial charge is 0.347 e. The van der Waals surface area contributed by atoms with Crippen molar-refractivity contribution < 1.29 is 28.5 Å². The molecule has 0 aliphatic carbocycles. The second-order valence-electron chi connectivity index (χ2n) is 8.42. The fourth-order valence-corrected chi connectivity index (χ4v) is 4.55. The summed E-state index contributed by atoms with van der Waals surface area (Å²) in [6.45, 7) is 8.14. The Labute approximate surface area is 160 Å². The second-order valence-corrected chi connectivity index (χ2v) is 8.42. The molecule has 4 heterocycles. The van der Waals surface area contributed by atoms with E-state index in [0.29, 0.717) is 78.3 Å². The highest BCUT2D eigenvalue weighted by Gasteiger charge is 2.48. The zero-order valence-electron chi connectivity index (χ0n) is 16.3. The zero-order chi connectivity index (χ0) is 19.1. The molecule has 0 atom stereocenters. The van der Waals surface area contributed by atoms with Gasteiger partial charge in [0.15, 0.2) is 11.6 Å². The molecular weight excluding hydrogens is 352 g/mol. The summed E-state index contributed by atoms with van der Waals surface area (Å²) in [4.78, 5) is 29.8. The lowest BCUT2D eigenvalue weighted by Gasteiger charge is -2.43. The molecule has 2 amide bonds. The third-order valence-electron chi connectivity index (χ3n) is 6.32. The number of likely N-dealkylation sites (tertiary alicyclic amines) is 2. The number of piperidine rings is 2. The zero-order valence-corrected chi connectivity index (χ0v) is 16.3. The molecule has 4 rings (SSSR count). The number of nitrogens with zero attached hydrogens (tertiary/aromatic N) is 2. The first-order valence-electron chi connectivity index (χ1n) is 10.0. The van der Waals surface area contributed by atoms with Gasteiger partial charge in [-0.15, -0.1) is 0 Å². The molecule has 0 aromatic carbocycles. The highest BCUT2D eigenvalue weighted by Crippen LogP contribution is 2.35. The number of carbonyl (C=O) groups excluding carboxylic acids is 2. The van der Waals surface area contributed by atoms with Crippen LogP contribution in [0.4, 0.5) is 0 Å². The van der Waals surface area contributed by atoms with Crippen molar-refractivity contribution in [2.75, 3.05) is 52.6 Å². The molecule has 4 fully saturated rings. The van der Waals surface area contributed by atoms with Gasteiger partial charge in [0, 0.05) is 51.9 Å². The molecule has 2 spiro atoms. The summed E-state index contributed by atoms with van der Waals surface area (Å²) in [6.07, 6.45) is 2.63. The van der Waals surface area contributed by atoms with Gasteiger partial charge in [-0.3, -0.25) is 9.59 Å². The smallest absolute Gasteiger partial charge is 0.237 e. The van der Waals surface area contributed by atoms with Crippen LogP contribution in [0.5, 0.6) is 0 Å². The van der Waals surface area contributed by atoms with Crippen molar-refractivity contribution in [2.24, 2.45) is 5.41 Å². The Kier molecular flexibility index (Phi) is 4.95. The first-order valence-corrected chi connectivity index (χ1v) is 10.0. The first-order chi connectivity index (χ1) is 12.9. The minimum atomic E-state index is -1.08. The predicted molar refractivity (Wildman–Crippen MR) is 94.7 cm³/mol. The van der Waals surface area contributed by atoms with Gasteiger partial charge in [-0.2, -0.15) is 0 Å². The average molecular weight is 382 g/mol. The summed E-state index contributed by atoms with van der Waals surface area (Å²) in [6, 6.07) is 0. The lowest BCUT2D eigenvalue weighted by atomic mass is 9.87. The first kappa shape index (κ1) is 19.1. The van der Waals surface area contributed by atoms with Crippen LogP contribution < -0.4 is 0 Å². The summed E-state index contributed by atoms with van der Waals surface area (Å²) >= 11 is 0. The van der Waals surface area contributed by atoms with E-state index in [-0.39, 0.29) is 11.8 Å². The Balaban J connectivity index is 1.34. The van der Waals surface area contributed by atoms with Crippen LogP contribution in [0.25, 0.3) is 0 Å². The molecule has 152 valence electrons. The maximum absolute atomic E-state index is 13.1. The van der Waals surface area contributed by atoms with Gasteiger partial charge in [-0.25, -0.2) is 0 Å². The highest BCUT2D eigenvalue weighted by molar-refractivity contribution is 6.04. The van der Waals surface area contributed by atoms with Crippen LogP contribution in [0, 0.1) is 5.41 Å². The molecule has 0 aromatic rings. The van der Waals surface area contributed by atoms with E-state index in [2.05, 4.69) is 0 Å². The number of rotatable bonds is 2. The molecule has 0 radical (unpaired) electrons. The minimum Gasteiger partial charge on any atom is -0.347 e. The molecule has 0 aromatic heterocycles. The molecule has 0 unspecified atom stereocenters. The van der Waals surface area contributed by atoms with Crippen molar-refractivity contribution in [3.05, 3.63) is 0 Å². The van der Waals surface area contributed by atoms with Gasteiger partial charge in [0.2, 0.25) is 11.8 Å². The van der Waals surface area contributed by atoms with Crippen LogP contribution in [0.3, 0.4) is 0 Å². The van der Waals surface area contributed by atoms with Crippen molar-refractivity contribution in [1.82, 2.24) is 9.80 Å². The summed E-state index contributed by atoms with van der Waals surface area (Å²) < 4.78 is 22.9. The predicted octanol–water partition coefficient (Wildman–Crippen LogP) is 0.744. The molecule has 0 saturated carbocycles. The summed E-state index contributed by atoms with van der Waals surface area (Å²) in [5.74, 6) is -1.27. The van der Waals surface area contributed by atoms with E-state index in [1.165, 1.54) is 0 Å². The van der Waals surface area contributed by atoms with Gasteiger partial charge in [-0.05, 0) is 13.8 Å². The standard InChI is InChI=1S/C19H30N2O6/c1-17(2,15(22)20-7-3-18(4-8-20)24-11-12-25-18)16(23)21-9-5-19(6-10-21)26-13-14-27-19/h3-14H2,1-2H3. The van der Waals surface area contributed by atoms with Crippen LogP contribution in [-0.4, -0.2) is 85.8 Å². The number of carbonyl (C=O) groups is 2. The third kappa shape index (κ3) is 3.48. The fourth-order valence-electron chi connectivity index (χ4n) is 4.55. The van der Waals surface area contributed by atoms with Crippen molar-refractivity contribution in [1.29, 1.82) is 0 Å². The summed E-state index contributed by atoms with van der Waals surface area (Å²) in [7, 11) is 0. The van der Waals surface area contributed by atoms with Crippen LogP contribution in [-0.2, 0) is 28.5 Å². The Bertz CT molecular complexity index is 525. The minimum absolute atomic E-state index is 0.117. The summed E-state index contributed by atoms with van der Waals surface area (Å²) in [5, 5.41) is 0. The van der Waals surface area contributed by atoms with Gasteiger partial charge in [-0.1, -0.05) is 0 Å². The number of amides is 2. The van der Waals surface area contributed by atoms with Crippen LogP contribution in [0.2, 0.25) is 0 Å². The molecule has 0 bridgehead atoms. The third-order valence-corrected chi connectivity index (χ3v) is 6.32. The van der Waals surface area contributed by atoms with Crippen LogP contribution in [0.15, 0.2) is 0 Å². The lowest BCUT2D eigenvalue weighted by Crippen LogP contribution is -2.57. The molecule has 8 heteroatoms. The molecule has 4 aliphatic heterocycles. The second kappa shape index (κ2) is 6.99. The van der Waals surface area contributed by atoms with Gasteiger partial charge in [0.05, 0.1) is 26.4 Å². The summed E-state index contributed by atoms with van der Waals surface area (Å²) in [5.41, 5.74) is -1.08. The number of hydrogen-bond donors (Lipinski definition) is 0. The van der Waals surface area contributed by atoms with E-state index in [0.717, 1.165) is 0 Å². The molecule has 27 heavy (non-hydrogen) atoms. The van der Waals surface area contributed by atoms with Crippen molar-refractivity contribution in [2.45, 2.75) is 51.1 Å². The van der Waals surface area contributed by atoms with Crippen LogP contribution in [0.1, 0.15) is 39.5 Å². The van der Waals surface area contributed by atoms with E-state index >= 15 is 0 Å². The Morgan fingerprint density at radius 2 is 0.963 bits per heavy atom. The van der Waals surface area contributed by atoms with E-state index in [1.54, 1.807) is 23.6 Å². The van der Waals surface area contributed by atoms with Gasteiger partial charge >= 0.3 is 0 Å². The maximum atomic E-state index is 13.1. The van der Waals surface area contributed by atoms with E-state index < -0.39 is 17.0 Å². The average Bonchev–Trinajstić information content (AvgIpc) is 3.32. The van der Waals surface area contributed by atoms with Gasteiger partial charge in [0.25, 0.3) is 0 Å². The monoisotopic (exact) mass is 382 g/mol.